The van der Waals surface area contributed by atoms with Gasteiger partial charge in [0.1, 0.15) is 5.60 Å². The Morgan fingerprint density at radius 3 is 2.50 bits per heavy atom. The van der Waals surface area contributed by atoms with Crippen LogP contribution in [0.1, 0.15) is 32.8 Å². The Morgan fingerprint density at radius 1 is 1.13 bits per heavy atom. The van der Waals surface area contributed by atoms with Crippen molar-refractivity contribution in [2.45, 2.75) is 39.2 Å². The van der Waals surface area contributed by atoms with Crippen LogP contribution in [0.25, 0.3) is 0 Å². The summed E-state index contributed by atoms with van der Waals surface area (Å²) in [6.45, 7) is 7.20. The van der Waals surface area contributed by atoms with Crippen LogP contribution in [-0.4, -0.2) is 65.1 Å². The first-order chi connectivity index (χ1) is 14.1. The zero-order chi connectivity index (χ0) is 22.2. The summed E-state index contributed by atoms with van der Waals surface area (Å²) in [5, 5.41) is 8.81. The van der Waals surface area contributed by atoms with Gasteiger partial charge in [0.2, 0.25) is 10.0 Å². The zero-order valence-corrected chi connectivity index (χ0v) is 19.0. The highest BCUT2D eigenvalue weighted by Crippen LogP contribution is 2.29. The SMILES string of the molecule is CN=C(NCCCNC(=O)OC(C)(C)C)NCCS(=O)(=O)N1CCc2ccccc21. The van der Waals surface area contributed by atoms with Crippen LogP contribution in [0.15, 0.2) is 29.3 Å². The summed E-state index contributed by atoms with van der Waals surface area (Å²) in [4.78, 5) is 15.7. The highest BCUT2D eigenvalue weighted by Gasteiger charge is 2.28. The topological polar surface area (TPSA) is 112 Å². The van der Waals surface area contributed by atoms with E-state index < -0.39 is 21.7 Å². The van der Waals surface area contributed by atoms with Gasteiger partial charge in [0.25, 0.3) is 0 Å². The Kier molecular flexibility index (Phi) is 8.33. The zero-order valence-electron chi connectivity index (χ0n) is 18.2. The number of rotatable bonds is 8. The third kappa shape index (κ3) is 7.40. The minimum atomic E-state index is -3.40. The van der Waals surface area contributed by atoms with Crippen molar-refractivity contribution >= 4 is 27.8 Å². The van der Waals surface area contributed by atoms with Crippen molar-refractivity contribution in [1.29, 1.82) is 0 Å². The van der Waals surface area contributed by atoms with Gasteiger partial charge in [0.15, 0.2) is 5.96 Å². The minimum Gasteiger partial charge on any atom is -0.444 e. The Morgan fingerprint density at radius 2 is 1.80 bits per heavy atom. The van der Waals surface area contributed by atoms with Crippen LogP contribution in [0, 0.1) is 0 Å². The number of aliphatic imine (C=N–C) groups is 1. The highest BCUT2D eigenvalue weighted by molar-refractivity contribution is 7.92. The number of amides is 1. The van der Waals surface area contributed by atoms with Gasteiger partial charge in [-0.3, -0.25) is 9.30 Å². The molecular weight excluding hydrogens is 406 g/mol. The summed E-state index contributed by atoms with van der Waals surface area (Å²) in [5.74, 6) is 0.492. The van der Waals surface area contributed by atoms with Crippen molar-refractivity contribution in [3.8, 4) is 0 Å². The van der Waals surface area contributed by atoms with E-state index in [4.69, 9.17) is 4.74 Å². The van der Waals surface area contributed by atoms with Crippen LogP contribution in [-0.2, 0) is 21.2 Å². The largest absolute Gasteiger partial charge is 0.444 e. The highest BCUT2D eigenvalue weighted by atomic mass is 32.2. The molecule has 1 heterocycles. The van der Waals surface area contributed by atoms with E-state index in [0.29, 0.717) is 32.0 Å². The monoisotopic (exact) mass is 439 g/mol. The molecule has 0 aromatic heterocycles. The van der Waals surface area contributed by atoms with Crippen molar-refractivity contribution in [1.82, 2.24) is 16.0 Å². The Hall–Kier alpha value is -2.49. The number of anilines is 1. The number of para-hydroxylation sites is 1. The number of nitrogens with one attached hydrogen (secondary N) is 3. The molecule has 0 bridgehead atoms. The molecule has 0 fully saturated rings. The van der Waals surface area contributed by atoms with Gasteiger partial charge in [-0.2, -0.15) is 0 Å². The third-order valence-electron chi connectivity index (χ3n) is 4.37. The first kappa shape index (κ1) is 23.8. The minimum absolute atomic E-state index is 0.0256. The van der Waals surface area contributed by atoms with Gasteiger partial charge in [-0.05, 0) is 45.2 Å². The summed E-state index contributed by atoms with van der Waals surface area (Å²) >= 11 is 0. The van der Waals surface area contributed by atoms with Crippen LogP contribution in [0.4, 0.5) is 10.5 Å². The Labute approximate surface area is 179 Å². The van der Waals surface area contributed by atoms with E-state index in [9.17, 15) is 13.2 Å². The molecule has 30 heavy (non-hydrogen) atoms. The summed E-state index contributed by atoms with van der Waals surface area (Å²) < 4.78 is 32.1. The fourth-order valence-electron chi connectivity index (χ4n) is 3.03. The Balaban J connectivity index is 1.68. The number of alkyl carbamates (subject to hydrolysis) is 1. The van der Waals surface area contributed by atoms with Crippen LogP contribution >= 0.6 is 0 Å². The van der Waals surface area contributed by atoms with E-state index in [2.05, 4.69) is 20.9 Å². The van der Waals surface area contributed by atoms with Crippen molar-refractivity contribution < 1.29 is 17.9 Å². The molecule has 0 spiro atoms. The van der Waals surface area contributed by atoms with E-state index in [1.807, 2.05) is 45.0 Å². The van der Waals surface area contributed by atoms with Gasteiger partial charge < -0.3 is 20.7 Å². The van der Waals surface area contributed by atoms with Gasteiger partial charge in [-0.15, -0.1) is 0 Å². The lowest BCUT2D eigenvalue weighted by atomic mass is 10.2. The second kappa shape index (κ2) is 10.5. The number of nitrogens with zero attached hydrogens (tertiary/aromatic N) is 2. The molecule has 0 atom stereocenters. The molecular formula is C20H33N5O4S. The number of hydrogen-bond donors (Lipinski definition) is 3. The number of guanidine groups is 1. The van der Waals surface area contributed by atoms with E-state index in [0.717, 1.165) is 17.7 Å². The maximum atomic E-state index is 12.7. The number of fused-ring (bicyclic) bond motifs is 1. The lowest BCUT2D eigenvalue weighted by molar-refractivity contribution is 0.0527. The summed E-state index contributed by atoms with van der Waals surface area (Å²) in [6, 6.07) is 7.59. The Bertz CT molecular complexity index is 849. The molecule has 1 amide bonds. The molecule has 2 rings (SSSR count). The molecule has 1 aromatic carbocycles. The lowest BCUT2D eigenvalue weighted by Gasteiger charge is -2.20. The predicted molar refractivity (Wildman–Crippen MR) is 119 cm³/mol. The van der Waals surface area contributed by atoms with Crippen LogP contribution < -0.4 is 20.3 Å². The van der Waals surface area contributed by atoms with Crippen LogP contribution in [0.3, 0.4) is 0 Å². The molecule has 168 valence electrons. The number of sulfonamides is 1. The first-order valence-corrected chi connectivity index (χ1v) is 11.7. The quantitative estimate of drug-likeness (QED) is 0.321. The van der Waals surface area contributed by atoms with Gasteiger partial charge in [0.05, 0.1) is 11.4 Å². The van der Waals surface area contributed by atoms with Crippen LogP contribution in [0.5, 0.6) is 0 Å². The summed E-state index contributed by atoms with van der Waals surface area (Å²) in [5.41, 5.74) is 1.31. The van der Waals surface area contributed by atoms with Crippen molar-refractivity contribution in [2.75, 3.05) is 43.3 Å². The number of carbonyl (C=O) groups excluding carboxylic acids is 1. The molecule has 1 aliphatic heterocycles. The number of ether oxygens (including phenoxy) is 1. The van der Waals surface area contributed by atoms with E-state index in [1.54, 1.807) is 7.05 Å². The number of hydrogen-bond acceptors (Lipinski definition) is 5. The van der Waals surface area contributed by atoms with Gasteiger partial charge in [-0.25, -0.2) is 13.2 Å². The molecule has 3 N–H and O–H groups in total. The smallest absolute Gasteiger partial charge is 0.407 e. The predicted octanol–water partition coefficient (Wildman–Crippen LogP) is 1.46. The van der Waals surface area contributed by atoms with Gasteiger partial charge >= 0.3 is 6.09 Å². The van der Waals surface area contributed by atoms with Crippen molar-refractivity contribution in [3.05, 3.63) is 29.8 Å². The maximum absolute atomic E-state index is 12.7. The average molecular weight is 440 g/mol. The molecule has 1 aromatic rings. The molecule has 10 heteroatoms. The van der Waals surface area contributed by atoms with E-state index in [1.165, 1.54) is 4.31 Å². The average Bonchev–Trinajstić information content (AvgIpc) is 3.10. The molecule has 0 radical (unpaired) electrons. The number of benzene rings is 1. The summed E-state index contributed by atoms with van der Waals surface area (Å²) in [6.07, 6.45) is 0.963. The van der Waals surface area contributed by atoms with Crippen molar-refractivity contribution in [2.24, 2.45) is 4.99 Å². The van der Waals surface area contributed by atoms with Gasteiger partial charge in [-0.1, -0.05) is 18.2 Å². The second-order valence-corrected chi connectivity index (χ2v) is 9.99. The van der Waals surface area contributed by atoms with Gasteiger partial charge in [0, 0.05) is 33.2 Å². The third-order valence-corrected chi connectivity index (χ3v) is 6.14. The summed E-state index contributed by atoms with van der Waals surface area (Å²) in [7, 11) is -1.78. The number of carbonyl (C=O) groups is 1. The first-order valence-electron chi connectivity index (χ1n) is 10.1. The van der Waals surface area contributed by atoms with Crippen LogP contribution in [0.2, 0.25) is 0 Å². The normalized spacial score (nSPS) is 14.3. The van der Waals surface area contributed by atoms with E-state index in [-0.39, 0.29) is 12.3 Å². The lowest BCUT2D eigenvalue weighted by Crippen LogP contribution is -2.42. The molecule has 9 nitrogen and oxygen atoms in total. The molecule has 0 unspecified atom stereocenters. The fourth-order valence-corrected chi connectivity index (χ4v) is 4.45. The van der Waals surface area contributed by atoms with Crippen molar-refractivity contribution in [3.63, 3.8) is 0 Å². The molecule has 0 saturated heterocycles. The van der Waals surface area contributed by atoms with E-state index >= 15 is 0 Å². The fraction of sp³-hybridized carbons (Fsp3) is 0.600. The maximum Gasteiger partial charge on any atom is 0.407 e. The standard InChI is InChI=1S/C20H33N5O4S/c1-20(2,3)29-19(26)24-12-7-11-22-18(21-4)23-13-15-30(27,28)25-14-10-16-8-5-6-9-17(16)25/h5-6,8-9H,7,10-15H2,1-4H3,(H,24,26)(H2,21,22,23). The second-order valence-electron chi connectivity index (χ2n) is 7.97. The molecule has 0 aliphatic carbocycles. The molecule has 1 aliphatic rings. The molecule has 0 saturated carbocycles.